The van der Waals surface area contributed by atoms with Gasteiger partial charge in [0.05, 0.1) is 17.8 Å². The number of hydrogen-bond acceptors (Lipinski definition) is 3. The minimum absolute atomic E-state index is 0.0760. The summed E-state index contributed by atoms with van der Waals surface area (Å²) in [5, 5.41) is 0. The smallest absolute Gasteiger partial charge is 0.284 e. The summed E-state index contributed by atoms with van der Waals surface area (Å²) < 4.78 is 45.9. The fraction of sp³-hybridized carbons (Fsp3) is 0.308. The monoisotopic (exact) mass is 300 g/mol. The zero-order valence-corrected chi connectivity index (χ0v) is 12.4. The van der Waals surface area contributed by atoms with Gasteiger partial charge >= 0.3 is 0 Å². The highest BCUT2D eigenvalue weighted by molar-refractivity contribution is 7.90. The van der Waals surface area contributed by atoms with Crippen LogP contribution in [-0.4, -0.2) is 40.4 Å². The van der Waals surface area contributed by atoms with Crippen LogP contribution >= 0.6 is 0 Å². The molecule has 0 radical (unpaired) electrons. The van der Waals surface area contributed by atoms with Gasteiger partial charge in [-0.2, -0.15) is 8.42 Å². The maximum absolute atomic E-state index is 13.2. The first-order chi connectivity index (χ1) is 9.36. The van der Waals surface area contributed by atoms with E-state index < -0.39 is 15.8 Å². The normalized spacial score (nSPS) is 12.2. The Morgan fingerprint density at radius 1 is 1.40 bits per heavy atom. The minimum Gasteiger partial charge on any atom is -0.501 e. The summed E-state index contributed by atoms with van der Waals surface area (Å²) in [6.07, 6.45) is 3.89. The van der Waals surface area contributed by atoms with Crippen LogP contribution in [0.25, 0.3) is 6.08 Å². The first-order valence-electron chi connectivity index (χ1n) is 5.91. The van der Waals surface area contributed by atoms with Crippen molar-refractivity contribution in [1.82, 2.24) is 4.90 Å². The van der Waals surface area contributed by atoms with Crippen LogP contribution in [0.15, 0.2) is 33.8 Å². The van der Waals surface area contributed by atoms with Crippen molar-refractivity contribution in [2.45, 2.75) is 11.8 Å². The molecule has 7 heteroatoms. The lowest BCUT2D eigenvalue weighted by atomic mass is 10.2. The Labute approximate surface area is 118 Å². The van der Waals surface area contributed by atoms with E-state index in [0.29, 0.717) is 6.61 Å². The summed E-state index contributed by atoms with van der Waals surface area (Å²) in [6.45, 7) is 2.22. The number of rotatable bonds is 6. The van der Waals surface area contributed by atoms with Gasteiger partial charge in [0.15, 0.2) is 0 Å². The standard InChI is InChI=1S/C13H17FN2O3S/c1-4-19-8-7-11-9-12(14)5-6-13(11)20(17,18)15-10-16(2)3/h5-10H,4H2,1-3H3/b8-7+,15-10+. The number of ether oxygens (including phenoxy) is 1. The van der Waals surface area contributed by atoms with Crippen LogP contribution in [0.5, 0.6) is 0 Å². The van der Waals surface area contributed by atoms with E-state index in [1.807, 2.05) is 0 Å². The molecule has 0 bridgehead atoms. The Morgan fingerprint density at radius 2 is 2.10 bits per heavy atom. The number of nitrogens with zero attached hydrogens (tertiary/aromatic N) is 2. The van der Waals surface area contributed by atoms with Crippen molar-refractivity contribution in [3.8, 4) is 0 Å². The van der Waals surface area contributed by atoms with Gasteiger partial charge in [0.2, 0.25) is 0 Å². The predicted molar refractivity (Wildman–Crippen MR) is 76.4 cm³/mol. The highest BCUT2D eigenvalue weighted by atomic mass is 32.2. The third-order valence-electron chi connectivity index (χ3n) is 2.18. The zero-order chi connectivity index (χ0) is 15.2. The lowest BCUT2D eigenvalue weighted by molar-refractivity contribution is 0.272. The SMILES string of the molecule is CCO/C=C/c1cc(F)ccc1S(=O)(=O)/N=C/N(C)C. The van der Waals surface area contributed by atoms with Gasteiger partial charge in [-0.15, -0.1) is 4.40 Å². The Bertz CT molecular complexity index is 610. The van der Waals surface area contributed by atoms with Crippen molar-refractivity contribution in [3.05, 3.63) is 35.8 Å². The van der Waals surface area contributed by atoms with Gasteiger partial charge in [0.1, 0.15) is 12.2 Å². The van der Waals surface area contributed by atoms with Crippen LogP contribution < -0.4 is 0 Å². The molecule has 0 heterocycles. The Morgan fingerprint density at radius 3 is 2.70 bits per heavy atom. The molecule has 0 aromatic heterocycles. The first kappa shape index (κ1) is 16.2. The van der Waals surface area contributed by atoms with Crippen LogP contribution in [-0.2, 0) is 14.8 Å². The molecule has 1 aromatic rings. The summed E-state index contributed by atoms with van der Waals surface area (Å²) in [4.78, 5) is 1.42. The van der Waals surface area contributed by atoms with Crippen molar-refractivity contribution in [2.24, 2.45) is 4.40 Å². The molecule has 0 spiro atoms. The summed E-state index contributed by atoms with van der Waals surface area (Å²) in [6, 6.07) is 3.38. The lowest BCUT2D eigenvalue weighted by Crippen LogP contribution is -2.10. The van der Waals surface area contributed by atoms with E-state index in [4.69, 9.17) is 4.74 Å². The maximum Gasteiger partial charge on any atom is 0.284 e. The van der Waals surface area contributed by atoms with Crippen LogP contribution in [0, 0.1) is 5.82 Å². The molecular weight excluding hydrogens is 283 g/mol. The van der Waals surface area contributed by atoms with Gasteiger partial charge in [0, 0.05) is 19.7 Å². The van der Waals surface area contributed by atoms with Gasteiger partial charge in [0.25, 0.3) is 10.0 Å². The van der Waals surface area contributed by atoms with E-state index in [0.717, 1.165) is 12.1 Å². The molecule has 0 fully saturated rings. The molecule has 0 N–H and O–H groups in total. The molecule has 0 saturated heterocycles. The first-order valence-corrected chi connectivity index (χ1v) is 7.35. The average Bonchev–Trinajstić information content (AvgIpc) is 2.37. The number of benzene rings is 1. The average molecular weight is 300 g/mol. The minimum atomic E-state index is -3.89. The zero-order valence-electron chi connectivity index (χ0n) is 11.6. The summed E-state index contributed by atoms with van der Waals surface area (Å²) >= 11 is 0. The molecule has 20 heavy (non-hydrogen) atoms. The Hall–Kier alpha value is -1.89. The van der Waals surface area contributed by atoms with Crippen molar-refractivity contribution in [2.75, 3.05) is 20.7 Å². The van der Waals surface area contributed by atoms with Crippen LogP contribution in [0.1, 0.15) is 12.5 Å². The van der Waals surface area contributed by atoms with Gasteiger partial charge in [-0.25, -0.2) is 4.39 Å². The van der Waals surface area contributed by atoms with Crippen molar-refractivity contribution < 1.29 is 17.5 Å². The third-order valence-corrected chi connectivity index (χ3v) is 3.48. The lowest BCUT2D eigenvalue weighted by Gasteiger charge is -2.06. The predicted octanol–water partition coefficient (Wildman–Crippen LogP) is 2.11. The molecule has 0 aliphatic heterocycles. The number of halogens is 1. The van der Waals surface area contributed by atoms with Crippen molar-refractivity contribution >= 4 is 22.4 Å². The quantitative estimate of drug-likeness (QED) is 0.459. The van der Waals surface area contributed by atoms with E-state index in [9.17, 15) is 12.8 Å². The topological polar surface area (TPSA) is 59.0 Å². The van der Waals surface area contributed by atoms with E-state index in [-0.39, 0.29) is 10.5 Å². The molecule has 0 atom stereocenters. The van der Waals surface area contributed by atoms with E-state index >= 15 is 0 Å². The number of hydrogen-bond donors (Lipinski definition) is 0. The molecule has 0 amide bonds. The molecule has 0 aliphatic carbocycles. The molecular formula is C13H17FN2O3S. The molecule has 0 unspecified atom stereocenters. The van der Waals surface area contributed by atoms with E-state index in [1.54, 1.807) is 21.0 Å². The summed E-state index contributed by atoms with van der Waals surface area (Å²) in [5.41, 5.74) is 0.189. The molecule has 110 valence electrons. The molecule has 5 nitrogen and oxygen atoms in total. The third kappa shape index (κ3) is 4.65. The van der Waals surface area contributed by atoms with Gasteiger partial charge in [-0.1, -0.05) is 0 Å². The van der Waals surface area contributed by atoms with Gasteiger partial charge in [-0.05, 0) is 31.2 Å². The van der Waals surface area contributed by atoms with Crippen LogP contribution in [0.3, 0.4) is 0 Å². The second-order valence-electron chi connectivity index (χ2n) is 4.10. The summed E-state index contributed by atoms with van der Waals surface area (Å²) in [7, 11) is -0.581. The molecule has 0 aliphatic rings. The molecule has 1 aromatic carbocycles. The largest absolute Gasteiger partial charge is 0.501 e. The fourth-order valence-electron chi connectivity index (χ4n) is 1.32. The van der Waals surface area contributed by atoms with E-state index in [2.05, 4.69) is 4.40 Å². The number of sulfonamides is 1. The van der Waals surface area contributed by atoms with Gasteiger partial charge < -0.3 is 9.64 Å². The summed E-state index contributed by atoms with van der Waals surface area (Å²) in [5.74, 6) is -0.531. The Kier molecular flexibility index (Phi) is 5.69. The van der Waals surface area contributed by atoms with Gasteiger partial charge in [-0.3, -0.25) is 0 Å². The second kappa shape index (κ2) is 7.04. The maximum atomic E-state index is 13.2. The van der Waals surface area contributed by atoms with Crippen molar-refractivity contribution in [3.63, 3.8) is 0 Å². The molecule has 0 saturated carbocycles. The van der Waals surface area contributed by atoms with E-state index in [1.165, 1.54) is 29.6 Å². The van der Waals surface area contributed by atoms with Crippen LogP contribution in [0.4, 0.5) is 4.39 Å². The van der Waals surface area contributed by atoms with Crippen molar-refractivity contribution in [1.29, 1.82) is 0 Å². The van der Waals surface area contributed by atoms with Crippen LogP contribution in [0.2, 0.25) is 0 Å². The molecule has 1 rings (SSSR count). The Balaban J connectivity index is 3.23. The highest BCUT2D eigenvalue weighted by Crippen LogP contribution is 2.20. The fourth-order valence-corrected chi connectivity index (χ4v) is 2.41. The second-order valence-corrected chi connectivity index (χ2v) is 5.70. The highest BCUT2D eigenvalue weighted by Gasteiger charge is 2.16.